The van der Waals surface area contributed by atoms with Crippen LogP contribution in [0.15, 0.2) is 54.6 Å². The second-order valence-electron chi connectivity index (χ2n) is 5.02. The maximum absolute atomic E-state index is 11.6. The number of hydrogen-bond donors (Lipinski definition) is 2. The van der Waals surface area contributed by atoms with Crippen molar-refractivity contribution in [2.24, 2.45) is 5.73 Å². The molecule has 2 rings (SSSR count). The normalized spacial score (nSPS) is 10.1. The quantitative estimate of drug-likeness (QED) is 0.785. The Labute approximate surface area is 136 Å². The number of hydrogen-bond acceptors (Lipinski definition) is 4. The lowest BCUT2D eigenvalue weighted by atomic mass is 10.1. The molecule has 0 aliphatic carbocycles. The molecule has 0 heterocycles. The van der Waals surface area contributed by atoms with E-state index in [0.717, 1.165) is 23.3 Å². The first-order valence-corrected chi connectivity index (χ1v) is 7.64. The molecule has 5 heteroatoms. The number of amides is 1. The van der Waals surface area contributed by atoms with Gasteiger partial charge in [-0.05, 0) is 29.7 Å². The van der Waals surface area contributed by atoms with Crippen LogP contribution in [0.3, 0.4) is 0 Å². The van der Waals surface area contributed by atoms with E-state index in [1.165, 1.54) is 0 Å². The topological polar surface area (TPSA) is 73.6 Å². The maximum atomic E-state index is 11.6. The molecule has 0 spiro atoms. The van der Waals surface area contributed by atoms with Crippen molar-refractivity contribution in [2.45, 2.75) is 13.0 Å². The molecule has 0 aliphatic heterocycles. The first kappa shape index (κ1) is 16.8. The molecule has 122 valence electrons. The zero-order valence-corrected chi connectivity index (χ0v) is 13.0. The van der Waals surface area contributed by atoms with Gasteiger partial charge in [-0.25, -0.2) is 4.79 Å². The highest BCUT2D eigenvalue weighted by Crippen LogP contribution is 2.12. The Balaban J connectivity index is 1.65. The first-order chi connectivity index (χ1) is 11.3. The second-order valence-corrected chi connectivity index (χ2v) is 5.02. The summed E-state index contributed by atoms with van der Waals surface area (Å²) in [5, 5.41) is 2.74. The van der Waals surface area contributed by atoms with Crippen LogP contribution in [0, 0.1) is 0 Å². The second kappa shape index (κ2) is 9.48. The number of nitrogens with one attached hydrogen (secondary N) is 1. The number of nitrogens with two attached hydrogens (primary N) is 1. The van der Waals surface area contributed by atoms with E-state index in [1.807, 2.05) is 54.6 Å². The molecule has 0 aliphatic rings. The van der Waals surface area contributed by atoms with Gasteiger partial charge in [-0.15, -0.1) is 0 Å². The Kier molecular flexibility index (Phi) is 6.94. The first-order valence-electron chi connectivity index (χ1n) is 7.64. The van der Waals surface area contributed by atoms with E-state index in [0.29, 0.717) is 19.7 Å². The van der Waals surface area contributed by atoms with Crippen molar-refractivity contribution in [1.29, 1.82) is 0 Å². The zero-order valence-electron chi connectivity index (χ0n) is 13.0. The SMILES string of the molecule is NCCOc1ccc(CCNC(=O)OCc2ccccc2)cc1. The third-order valence-corrected chi connectivity index (χ3v) is 3.21. The van der Waals surface area contributed by atoms with Gasteiger partial charge in [-0.3, -0.25) is 0 Å². The summed E-state index contributed by atoms with van der Waals surface area (Å²) >= 11 is 0. The molecular weight excluding hydrogens is 292 g/mol. The fourth-order valence-corrected chi connectivity index (χ4v) is 2.01. The van der Waals surface area contributed by atoms with E-state index in [9.17, 15) is 4.79 Å². The molecular formula is C18H22N2O3. The van der Waals surface area contributed by atoms with Crippen LogP contribution in [0.2, 0.25) is 0 Å². The van der Waals surface area contributed by atoms with Crippen LogP contribution in [-0.2, 0) is 17.8 Å². The summed E-state index contributed by atoms with van der Waals surface area (Å²) in [6, 6.07) is 17.3. The minimum Gasteiger partial charge on any atom is -0.492 e. The third-order valence-electron chi connectivity index (χ3n) is 3.21. The van der Waals surface area contributed by atoms with E-state index in [4.69, 9.17) is 15.2 Å². The summed E-state index contributed by atoms with van der Waals surface area (Å²) in [4.78, 5) is 11.6. The van der Waals surface area contributed by atoms with Crippen LogP contribution in [-0.4, -0.2) is 25.8 Å². The van der Waals surface area contributed by atoms with Crippen LogP contribution in [0.4, 0.5) is 4.79 Å². The molecule has 0 atom stereocenters. The van der Waals surface area contributed by atoms with Gasteiger partial charge >= 0.3 is 6.09 Å². The van der Waals surface area contributed by atoms with Crippen molar-refractivity contribution in [3.63, 3.8) is 0 Å². The minimum atomic E-state index is -0.406. The maximum Gasteiger partial charge on any atom is 0.407 e. The van der Waals surface area contributed by atoms with E-state index in [-0.39, 0.29) is 6.61 Å². The minimum absolute atomic E-state index is 0.278. The molecule has 2 aromatic carbocycles. The highest BCUT2D eigenvalue weighted by atomic mass is 16.5. The molecule has 1 amide bonds. The predicted octanol–water partition coefficient (Wildman–Crippen LogP) is 2.49. The monoisotopic (exact) mass is 314 g/mol. The lowest BCUT2D eigenvalue weighted by Gasteiger charge is -2.08. The number of ether oxygens (including phenoxy) is 2. The van der Waals surface area contributed by atoms with Gasteiger partial charge < -0.3 is 20.5 Å². The molecule has 0 aromatic heterocycles. The standard InChI is InChI=1S/C18H22N2O3/c19-11-13-22-17-8-6-15(7-9-17)10-12-20-18(21)23-14-16-4-2-1-3-5-16/h1-9H,10-14,19H2,(H,20,21). The molecule has 0 radical (unpaired) electrons. The van der Waals surface area contributed by atoms with Crippen molar-refractivity contribution in [3.05, 3.63) is 65.7 Å². The molecule has 0 bridgehead atoms. The number of benzene rings is 2. The van der Waals surface area contributed by atoms with Gasteiger partial charge in [-0.2, -0.15) is 0 Å². The van der Waals surface area contributed by atoms with E-state index >= 15 is 0 Å². The molecule has 0 saturated carbocycles. The van der Waals surface area contributed by atoms with Crippen LogP contribution in [0.25, 0.3) is 0 Å². The molecule has 0 saturated heterocycles. The van der Waals surface area contributed by atoms with Crippen molar-refractivity contribution in [3.8, 4) is 5.75 Å². The van der Waals surface area contributed by atoms with Gasteiger partial charge in [0.15, 0.2) is 0 Å². The van der Waals surface area contributed by atoms with Crippen LogP contribution in [0.5, 0.6) is 5.75 Å². The van der Waals surface area contributed by atoms with E-state index < -0.39 is 6.09 Å². The summed E-state index contributed by atoms with van der Waals surface area (Å²) in [7, 11) is 0. The number of carbonyl (C=O) groups is 1. The molecule has 3 N–H and O–H groups in total. The molecule has 0 fully saturated rings. The largest absolute Gasteiger partial charge is 0.492 e. The van der Waals surface area contributed by atoms with Crippen LogP contribution >= 0.6 is 0 Å². The van der Waals surface area contributed by atoms with E-state index in [1.54, 1.807) is 0 Å². The van der Waals surface area contributed by atoms with Crippen LogP contribution in [0.1, 0.15) is 11.1 Å². The summed E-state index contributed by atoms with van der Waals surface area (Å²) in [6.45, 7) is 1.81. The Morgan fingerprint density at radius 3 is 2.43 bits per heavy atom. The van der Waals surface area contributed by atoms with Gasteiger partial charge in [0, 0.05) is 13.1 Å². The lowest BCUT2D eigenvalue weighted by Crippen LogP contribution is -2.26. The molecule has 5 nitrogen and oxygen atoms in total. The van der Waals surface area contributed by atoms with Gasteiger partial charge in [0.2, 0.25) is 0 Å². The van der Waals surface area contributed by atoms with Crippen molar-refractivity contribution in [1.82, 2.24) is 5.32 Å². The highest BCUT2D eigenvalue weighted by molar-refractivity contribution is 5.67. The highest BCUT2D eigenvalue weighted by Gasteiger charge is 2.02. The Hall–Kier alpha value is -2.53. The summed E-state index contributed by atoms with van der Waals surface area (Å²) < 4.78 is 10.6. The Bertz CT molecular complexity index is 585. The average molecular weight is 314 g/mol. The van der Waals surface area contributed by atoms with E-state index in [2.05, 4.69) is 5.32 Å². The van der Waals surface area contributed by atoms with Gasteiger partial charge in [0.25, 0.3) is 0 Å². The molecule has 0 unspecified atom stereocenters. The Morgan fingerprint density at radius 1 is 1.00 bits per heavy atom. The van der Waals surface area contributed by atoms with Crippen molar-refractivity contribution >= 4 is 6.09 Å². The summed E-state index contributed by atoms with van der Waals surface area (Å²) in [5.41, 5.74) is 7.47. The number of rotatable bonds is 8. The molecule has 23 heavy (non-hydrogen) atoms. The smallest absolute Gasteiger partial charge is 0.407 e. The predicted molar refractivity (Wildman–Crippen MR) is 89.3 cm³/mol. The van der Waals surface area contributed by atoms with Gasteiger partial charge in [0.05, 0.1) is 0 Å². The summed E-state index contributed by atoms with van der Waals surface area (Å²) in [5.74, 6) is 0.800. The average Bonchev–Trinajstić information content (AvgIpc) is 2.60. The Morgan fingerprint density at radius 2 is 1.74 bits per heavy atom. The fourth-order valence-electron chi connectivity index (χ4n) is 2.01. The fraction of sp³-hybridized carbons (Fsp3) is 0.278. The van der Waals surface area contributed by atoms with Gasteiger partial charge in [0.1, 0.15) is 19.0 Å². The number of carbonyl (C=O) groups excluding carboxylic acids is 1. The third kappa shape index (κ3) is 6.40. The molecule has 2 aromatic rings. The summed E-state index contributed by atoms with van der Waals surface area (Å²) in [6.07, 6.45) is 0.328. The lowest BCUT2D eigenvalue weighted by molar-refractivity contribution is 0.140. The van der Waals surface area contributed by atoms with Gasteiger partial charge in [-0.1, -0.05) is 42.5 Å². The zero-order chi connectivity index (χ0) is 16.3. The number of alkyl carbamates (subject to hydrolysis) is 1. The van der Waals surface area contributed by atoms with Crippen molar-refractivity contribution < 1.29 is 14.3 Å². The van der Waals surface area contributed by atoms with Crippen LogP contribution < -0.4 is 15.8 Å². The van der Waals surface area contributed by atoms with Crippen molar-refractivity contribution in [2.75, 3.05) is 19.7 Å².